The quantitative estimate of drug-likeness (QED) is 0.724. The van der Waals surface area contributed by atoms with Crippen LogP contribution in [0.4, 0.5) is 5.95 Å². The predicted octanol–water partition coefficient (Wildman–Crippen LogP) is 1.58. The summed E-state index contributed by atoms with van der Waals surface area (Å²) in [6, 6.07) is 0. The van der Waals surface area contributed by atoms with Crippen LogP contribution in [0.5, 0.6) is 0 Å². The number of nitrogens with one attached hydrogen (secondary N) is 1. The highest BCUT2D eigenvalue weighted by molar-refractivity contribution is 5.27. The zero-order valence-corrected chi connectivity index (χ0v) is 10.2. The molecule has 1 heterocycles. The van der Waals surface area contributed by atoms with Crippen molar-refractivity contribution in [1.82, 2.24) is 14.5 Å². The van der Waals surface area contributed by atoms with Crippen molar-refractivity contribution in [3.8, 4) is 0 Å². The zero-order valence-electron chi connectivity index (χ0n) is 10.2. The Balaban J connectivity index is 2.36. The molecule has 1 aromatic heterocycles. The summed E-state index contributed by atoms with van der Waals surface area (Å²) in [7, 11) is 6.14. The van der Waals surface area contributed by atoms with E-state index in [1.807, 2.05) is 14.0 Å². The Morgan fingerprint density at radius 2 is 2.13 bits per heavy atom. The van der Waals surface area contributed by atoms with Gasteiger partial charge in [0.1, 0.15) is 0 Å². The molecule has 4 nitrogen and oxygen atoms in total. The fourth-order valence-electron chi connectivity index (χ4n) is 1.63. The van der Waals surface area contributed by atoms with Gasteiger partial charge in [0.25, 0.3) is 0 Å². The van der Waals surface area contributed by atoms with Crippen LogP contribution in [0.25, 0.3) is 0 Å². The average Bonchev–Trinajstić information content (AvgIpc) is 2.53. The van der Waals surface area contributed by atoms with Gasteiger partial charge in [-0.15, -0.1) is 0 Å². The highest BCUT2D eigenvalue weighted by Crippen LogP contribution is 2.09. The molecule has 0 unspecified atom stereocenters. The largest absolute Gasteiger partial charge is 0.359 e. The number of anilines is 1. The monoisotopic (exact) mass is 210 g/mol. The summed E-state index contributed by atoms with van der Waals surface area (Å²) in [6.07, 6.45) is 4.53. The van der Waals surface area contributed by atoms with Gasteiger partial charge in [0.05, 0.1) is 5.69 Å². The van der Waals surface area contributed by atoms with Gasteiger partial charge in [0, 0.05) is 19.8 Å². The van der Waals surface area contributed by atoms with E-state index in [1.54, 1.807) is 0 Å². The summed E-state index contributed by atoms with van der Waals surface area (Å²) in [4.78, 5) is 6.60. The van der Waals surface area contributed by atoms with Gasteiger partial charge in [-0.3, -0.25) is 0 Å². The van der Waals surface area contributed by atoms with Gasteiger partial charge in [0.2, 0.25) is 5.95 Å². The second kappa shape index (κ2) is 5.75. The number of hydrogen-bond donors (Lipinski definition) is 1. The Morgan fingerprint density at radius 3 is 2.73 bits per heavy atom. The summed E-state index contributed by atoms with van der Waals surface area (Å²) in [5.41, 5.74) is 1.08. The predicted molar refractivity (Wildman–Crippen MR) is 64.3 cm³/mol. The summed E-state index contributed by atoms with van der Waals surface area (Å²) in [5, 5.41) is 3.11. The first kappa shape index (κ1) is 12.0. The Labute approximate surface area is 92.3 Å². The molecule has 0 atom stereocenters. The van der Waals surface area contributed by atoms with E-state index in [4.69, 9.17) is 0 Å². The molecule has 0 aliphatic heterocycles. The minimum atomic E-state index is 0.970. The summed E-state index contributed by atoms with van der Waals surface area (Å²) in [5.74, 6) is 0.970. The van der Waals surface area contributed by atoms with Crippen LogP contribution in [0.3, 0.4) is 0 Å². The number of rotatable bonds is 6. The first-order chi connectivity index (χ1) is 7.13. The van der Waals surface area contributed by atoms with Crippen molar-refractivity contribution >= 4 is 5.95 Å². The number of aromatic nitrogens is 2. The van der Waals surface area contributed by atoms with Crippen molar-refractivity contribution in [2.45, 2.75) is 26.3 Å². The van der Waals surface area contributed by atoms with Crippen molar-refractivity contribution < 1.29 is 0 Å². The summed E-state index contributed by atoms with van der Waals surface area (Å²) in [6.45, 7) is 4.23. The molecule has 0 aliphatic rings. The summed E-state index contributed by atoms with van der Waals surface area (Å²) < 4.78 is 2.19. The molecular formula is C11H22N4. The van der Waals surface area contributed by atoms with Crippen molar-refractivity contribution in [3.05, 3.63) is 11.9 Å². The molecule has 0 radical (unpaired) electrons. The molecule has 1 N–H and O–H groups in total. The van der Waals surface area contributed by atoms with Crippen LogP contribution in [-0.4, -0.2) is 42.1 Å². The molecule has 0 amide bonds. The van der Waals surface area contributed by atoms with Gasteiger partial charge in [0.15, 0.2) is 0 Å². The topological polar surface area (TPSA) is 33.1 Å². The van der Waals surface area contributed by atoms with E-state index in [9.17, 15) is 0 Å². The molecule has 0 saturated carbocycles. The Kier molecular flexibility index (Phi) is 4.62. The second-order valence-electron chi connectivity index (χ2n) is 4.16. The molecular weight excluding hydrogens is 188 g/mol. The Morgan fingerprint density at radius 1 is 1.40 bits per heavy atom. The third-order valence-electron chi connectivity index (χ3n) is 2.37. The van der Waals surface area contributed by atoms with Gasteiger partial charge in [-0.1, -0.05) is 0 Å². The molecule has 15 heavy (non-hydrogen) atoms. The maximum Gasteiger partial charge on any atom is 0.202 e. The molecule has 1 rings (SSSR count). The van der Waals surface area contributed by atoms with E-state index in [-0.39, 0.29) is 0 Å². The lowest BCUT2D eigenvalue weighted by Gasteiger charge is -2.10. The van der Waals surface area contributed by atoms with E-state index < -0.39 is 0 Å². The lowest BCUT2D eigenvalue weighted by molar-refractivity contribution is 0.388. The third kappa shape index (κ3) is 3.91. The van der Waals surface area contributed by atoms with Crippen molar-refractivity contribution in [3.63, 3.8) is 0 Å². The smallest absolute Gasteiger partial charge is 0.202 e. The van der Waals surface area contributed by atoms with E-state index in [0.717, 1.165) is 24.7 Å². The van der Waals surface area contributed by atoms with Gasteiger partial charge in [-0.25, -0.2) is 4.98 Å². The lowest BCUT2D eigenvalue weighted by atomic mass is 10.3. The van der Waals surface area contributed by atoms with Crippen LogP contribution in [0, 0.1) is 6.92 Å². The molecule has 0 aromatic carbocycles. The van der Waals surface area contributed by atoms with Gasteiger partial charge in [-0.05, 0) is 40.4 Å². The van der Waals surface area contributed by atoms with Crippen LogP contribution in [-0.2, 0) is 6.54 Å². The highest BCUT2D eigenvalue weighted by Gasteiger charge is 2.02. The Bertz CT molecular complexity index is 291. The number of aryl methyl sites for hydroxylation is 2. The maximum atomic E-state index is 4.38. The average molecular weight is 210 g/mol. The van der Waals surface area contributed by atoms with Gasteiger partial charge in [-0.2, -0.15) is 0 Å². The first-order valence-corrected chi connectivity index (χ1v) is 5.49. The fraction of sp³-hybridized carbons (Fsp3) is 0.727. The number of nitrogens with zero attached hydrogens (tertiary/aromatic N) is 3. The highest BCUT2D eigenvalue weighted by atomic mass is 15.2. The van der Waals surface area contributed by atoms with E-state index in [2.05, 4.69) is 40.1 Å². The molecule has 0 aliphatic carbocycles. The SMILES string of the molecule is CNc1nc(C)cn1CCCCN(C)C. The van der Waals surface area contributed by atoms with Crippen LogP contribution in [0.2, 0.25) is 0 Å². The van der Waals surface area contributed by atoms with E-state index >= 15 is 0 Å². The molecule has 0 saturated heterocycles. The first-order valence-electron chi connectivity index (χ1n) is 5.49. The van der Waals surface area contributed by atoms with Gasteiger partial charge < -0.3 is 14.8 Å². The van der Waals surface area contributed by atoms with Crippen LogP contribution in [0.1, 0.15) is 18.5 Å². The number of hydrogen-bond acceptors (Lipinski definition) is 3. The van der Waals surface area contributed by atoms with Crippen LogP contribution < -0.4 is 5.32 Å². The molecule has 0 fully saturated rings. The molecule has 86 valence electrons. The minimum Gasteiger partial charge on any atom is -0.359 e. The minimum absolute atomic E-state index is 0.970. The van der Waals surface area contributed by atoms with E-state index in [0.29, 0.717) is 0 Å². The number of imidazole rings is 1. The van der Waals surface area contributed by atoms with Crippen molar-refractivity contribution in [1.29, 1.82) is 0 Å². The van der Waals surface area contributed by atoms with Crippen molar-refractivity contribution in [2.75, 3.05) is 33.0 Å². The lowest BCUT2D eigenvalue weighted by Crippen LogP contribution is -2.13. The standard InChI is InChI=1S/C11H22N4/c1-10-9-15(11(12-2)13-10)8-6-5-7-14(3)4/h9H,5-8H2,1-4H3,(H,12,13). The third-order valence-corrected chi connectivity index (χ3v) is 2.37. The second-order valence-corrected chi connectivity index (χ2v) is 4.16. The van der Waals surface area contributed by atoms with Gasteiger partial charge >= 0.3 is 0 Å². The summed E-state index contributed by atoms with van der Waals surface area (Å²) >= 11 is 0. The van der Waals surface area contributed by atoms with E-state index in [1.165, 1.54) is 12.8 Å². The maximum absolute atomic E-state index is 4.38. The molecule has 0 bridgehead atoms. The normalized spacial score (nSPS) is 11.0. The van der Waals surface area contributed by atoms with Crippen LogP contribution in [0.15, 0.2) is 6.20 Å². The molecule has 0 spiro atoms. The fourth-order valence-corrected chi connectivity index (χ4v) is 1.63. The molecule has 1 aromatic rings. The molecule has 4 heteroatoms. The Hall–Kier alpha value is -1.03. The van der Waals surface area contributed by atoms with Crippen molar-refractivity contribution in [2.24, 2.45) is 0 Å². The van der Waals surface area contributed by atoms with Crippen LogP contribution >= 0.6 is 0 Å². The number of unbranched alkanes of at least 4 members (excludes halogenated alkanes) is 1. The zero-order chi connectivity index (χ0) is 11.3.